The molecule has 1 aromatic rings. The summed E-state index contributed by atoms with van der Waals surface area (Å²) in [5, 5.41) is 18.7. The molecule has 1 aromatic carbocycles. The number of rotatable bonds is 4. The highest BCUT2D eigenvalue weighted by molar-refractivity contribution is 5.65. The number of aliphatic hydroxyl groups is 1. The fourth-order valence-electron chi connectivity index (χ4n) is 3.19. The third kappa shape index (κ3) is 3.67. The van der Waals surface area contributed by atoms with Crippen LogP contribution in [0.15, 0.2) is 24.3 Å². The van der Waals surface area contributed by atoms with Crippen LogP contribution in [0.2, 0.25) is 0 Å². The SMILES string of the molecule is COc1ccc(CC2C(C)CN(C(=O)O)CC2CO)cc1. The van der Waals surface area contributed by atoms with Crippen LogP contribution in [0.1, 0.15) is 12.5 Å². The highest BCUT2D eigenvalue weighted by atomic mass is 16.5. The predicted octanol–water partition coefficient (Wildman–Crippen LogP) is 2.09. The molecule has 5 nitrogen and oxygen atoms in total. The topological polar surface area (TPSA) is 70.0 Å². The number of amides is 1. The van der Waals surface area contributed by atoms with Crippen molar-refractivity contribution in [3.05, 3.63) is 29.8 Å². The Morgan fingerprint density at radius 2 is 2.00 bits per heavy atom. The van der Waals surface area contributed by atoms with Crippen molar-refractivity contribution in [2.75, 3.05) is 26.8 Å². The fraction of sp³-hybridized carbons (Fsp3) is 0.562. The highest BCUT2D eigenvalue weighted by Gasteiger charge is 2.35. The minimum absolute atomic E-state index is 0.00745. The van der Waals surface area contributed by atoms with Crippen LogP contribution in [0.25, 0.3) is 0 Å². The summed E-state index contributed by atoms with van der Waals surface area (Å²) in [7, 11) is 1.64. The third-order valence-corrected chi connectivity index (χ3v) is 4.44. The summed E-state index contributed by atoms with van der Waals surface area (Å²) in [6, 6.07) is 7.92. The first-order chi connectivity index (χ1) is 10.0. The summed E-state index contributed by atoms with van der Waals surface area (Å²) in [5.41, 5.74) is 1.19. The standard InChI is InChI=1S/C16H23NO4/c1-11-8-17(16(19)20)9-13(10-18)15(11)7-12-3-5-14(21-2)6-4-12/h3-6,11,13,15,18H,7-10H2,1-2H3,(H,19,20). The van der Waals surface area contributed by atoms with Gasteiger partial charge in [-0.3, -0.25) is 0 Å². The van der Waals surface area contributed by atoms with E-state index in [0.29, 0.717) is 19.0 Å². The lowest BCUT2D eigenvalue weighted by Crippen LogP contribution is -2.49. The smallest absolute Gasteiger partial charge is 0.407 e. The molecule has 116 valence electrons. The summed E-state index contributed by atoms with van der Waals surface area (Å²) in [6.07, 6.45) is -0.0488. The van der Waals surface area contributed by atoms with Crippen LogP contribution in [0.5, 0.6) is 5.75 Å². The van der Waals surface area contributed by atoms with Gasteiger partial charge in [0.05, 0.1) is 7.11 Å². The number of hydrogen-bond donors (Lipinski definition) is 2. The molecule has 1 heterocycles. The Hall–Kier alpha value is -1.75. The van der Waals surface area contributed by atoms with Crippen LogP contribution in [0.3, 0.4) is 0 Å². The molecule has 0 saturated carbocycles. The molecule has 21 heavy (non-hydrogen) atoms. The second-order valence-electron chi connectivity index (χ2n) is 5.82. The zero-order chi connectivity index (χ0) is 15.4. The van der Waals surface area contributed by atoms with E-state index < -0.39 is 6.09 Å². The molecule has 1 fully saturated rings. The van der Waals surface area contributed by atoms with Gasteiger partial charge in [-0.1, -0.05) is 19.1 Å². The van der Waals surface area contributed by atoms with Gasteiger partial charge < -0.3 is 19.8 Å². The van der Waals surface area contributed by atoms with Crippen molar-refractivity contribution in [3.8, 4) is 5.75 Å². The second kappa shape index (κ2) is 6.80. The van der Waals surface area contributed by atoms with Crippen molar-refractivity contribution in [1.29, 1.82) is 0 Å². The molecular formula is C16H23NO4. The molecule has 2 N–H and O–H groups in total. The first-order valence-corrected chi connectivity index (χ1v) is 7.26. The van der Waals surface area contributed by atoms with E-state index in [-0.39, 0.29) is 18.4 Å². The van der Waals surface area contributed by atoms with Gasteiger partial charge in [0.25, 0.3) is 0 Å². The van der Waals surface area contributed by atoms with Crippen LogP contribution in [0.4, 0.5) is 4.79 Å². The lowest BCUT2D eigenvalue weighted by Gasteiger charge is -2.41. The first-order valence-electron chi connectivity index (χ1n) is 7.26. The van der Waals surface area contributed by atoms with E-state index in [1.807, 2.05) is 24.3 Å². The summed E-state index contributed by atoms with van der Waals surface area (Å²) < 4.78 is 5.15. The Balaban J connectivity index is 2.08. The van der Waals surface area contributed by atoms with E-state index in [2.05, 4.69) is 6.92 Å². The summed E-state index contributed by atoms with van der Waals surface area (Å²) in [6.45, 7) is 3.03. The van der Waals surface area contributed by atoms with Gasteiger partial charge in [-0.2, -0.15) is 0 Å². The maximum Gasteiger partial charge on any atom is 0.407 e. The molecule has 1 amide bonds. The number of hydrogen-bond acceptors (Lipinski definition) is 3. The third-order valence-electron chi connectivity index (χ3n) is 4.44. The number of likely N-dealkylation sites (tertiary alicyclic amines) is 1. The minimum Gasteiger partial charge on any atom is -0.497 e. The Morgan fingerprint density at radius 1 is 1.33 bits per heavy atom. The summed E-state index contributed by atoms with van der Waals surface area (Å²) >= 11 is 0. The van der Waals surface area contributed by atoms with Crippen LogP contribution >= 0.6 is 0 Å². The number of carbonyl (C=O) groups is 1. The van der Waals surface area contributed by atoms with Crippen molar-refractivity contribution in [1.82, 2.24) is 4.90 Å². The number of aliphatic hydroxyl groups excluding tert-OH is 1. The van der Waals surface area contributed by atoms with Gasteiger partial charge in [0.15, 0.2) is 0 Å². The van der Waals surface area contributed by atoms with Gasteiger partial charge in [0.1, 0.15) is 5.75 Å². The van der Waals surface area contributed by atoms with Crippen LogP contribution in [0, 0.1) is 17.8 Å². The zero-order valence-corrected chi connectivity index (χ0v) is 12.5. The van der Waals surface area contributed by atoms with E-state index in [9.17, 15) is 9.90 Å². The summed E-state index contributed by atoms with van der Waals surface area (Å²) in [4.78, 5) is 12.5. The fourth-order valence-corrected chi connectivity index (χ4v) is 3.19. The molecular weight excluding hydrogens is 270 g/mol. The molecule has 1 aliphatic rings. The molecule has 3 unspecified atom stereocenters. The molecule has 1 saturated heterocycles. The molecule has 0 aliphatic carbocycles. The van der Waals surface area contributed by atoms with E-state index >= 15 is 0 Å². The van der Waals surface area contributed by atoms with E-state index in [1.165, 1.54) is 10.5 Å². The lowest BCUT2D eigenvalue weighted by molar-refractivity contribution is 0.0370. The molecule has 3 atom stereocenters. The van der Waals surface area contributed by atoms with E-state index in [4.69, 9.17) is 9.84 Å². The second-order valence-corrected chi connectivity index (χ2v) is 5.82. The summed E-state index contributed by atoms with van der Waals surface area (Å²) in [5.74, 6) is 1.34. The maximum atomic E-state index is 11.1. The highest BCUT2D eigenvalue weighted by Crippen LogP contribution is 2.31. The van der Waals surface area contributed by atoms with Crippen molar-refractivity contribution in [2.45, 2.75) is 13.3 Å². The molecule has 0 radical (unpaired) electrons. The Labute approximate surface area is 125 Å². The van der Waals surface area contributed by atoms with Gasteiger partial charge in [-0.25, -0.2) is 4.79 Å². The number of piperidine rings is 1. The van der Waals surface area contributed by atoms with E-state index in [1.54, 1.807) is 7.11 Å². The molecule has 5 heteroatoms. The van der Waals surface area contributed by atoms with Crippen molar-refractivity contribution >= 4 is 6.09 Å². The van der Waals surface area contributed by atoms with Crippen LogP contribution < -0.4 is 4.74 Å². The average Bonchev–Trinajstić information content (AvgIpc) is 2.49. The molecule has 0 spiro atoms. The Kier molecular flexibility index (Phi) is 5.07. The quantitative estimate of drug-likeness (QED) is 0.892. The van der Waals surface area contributed by atoms with Crippen molar-refractivity contribution in [2.24, 2.45) is 17.8 Å². The maximum absolute atomic E-state index is 11.1. The zero-order valence-electron chi connectivity index (χ0n) is 12.5. The lowest BCUT2D eigenvalue weighted by atomic mass is 9.75. The number of ether oxygens (including phenoxy) is 1. The molecule has 0 aromatic heterocycles. The van der Waals surface area contributed by atoms with Gasteiger partial charge in [0.2, 0.25) is 0 Å². The predicted molar refractivity (Wildman–Crippen MR) is 79.5 cm³/mol. The van der Waals surface area contributed by atoms with Crippen LogP contribution in [-0.2, 0) is 6.42 Å². The van der Waals surface area contributed by atoms with Gasteiger partial charge in [-0.05, 0) is 36.0 Å². The normalized spacial score (nSPS) is 25.7. The molecule has 0 bridgehead atoms. The van der Waals surface area contributed by atoms with Gasteiger partial charge in [-0.15, -0.1) is 0 Å². The number of carboxylic acid groups (broad SMARTS) is 1. The average molecular weight is 293 g/mol. The monoisotopic (exact) mass is 293 g/mol. The number of methoxy groups -OCH3 is 1. The first kappa shape index (κ1) is 15.6. The van der Waals surface area contributed by atoms with Crippen LogP contribution in [-0.4, -0.2) is 48.0 Å². The van der Waals surface area contributed by atoms with Crippen molar-refractivity contribution in [3.63, 3.8) is 0 Å². The van der Waals surface area contributed by atoms with Crippen molar-refractivity contribution < 1.29 is 19.7 Å². The Bertz CT molecular complexity index is 474. The van der Waals surface area contributed by atoms with Gasteiger partial charge in [0, 0.05) is 25.6 Å². The minimum atomic E-state index is -0.900. The van der Waals surface area contributed by atoms with Gasteiger partial charge >= 0.3 is 6.09 Å². The van der Waals surface area contributed by atoms with E-state index in [0.717, 1.165) is 12.2 Å². The Morgan fingerprint density at radius 3 is 2.52 bits per heavy atom. The largest absolute Gasteiger partial charge is 0.497 e. The molecule has 1 aliphatic heterocycles. The molecule has 2 rings (SSSR count). The number of benzene rings is 1. The number of nitrogens with zero attached hydrogens (tertiary/aromatic N) is 1.